The minimum atomic E-state index is -0.490. The van der Waals surface area contributed by atoms with Crippen molar-refractivity contribution in [3.05, 3.63) is 59.2 Å². The summed E-state index contributed by atoms with van der Waals surface area (Å²) in [5, 5.41) is 2.83. The van der Waals surface area contributed by atoms with Gasteiger partial charge in [0.25, 0.3) is 0 Å². The quantitative estimate of drug-likeness (QED) is 0.552. The van der Waals surface area contributed by atoms with Gasteiger partial charge in [0.05, 0.1) is 12.2 Å². The van der Waals surface area contributed by atoms with Crippen LogP contribution in [0, 0.1) is 5.92 Å². The van der Waals surface area contributed by atoms with E-state index < -0.39 is 5.97 Å². The van der Waals surface area contributed by atoms with Gasteiger partial charge < -0.3 is 14.8 Å². The van der Waals surface area contributed by atoms with Gasteiger partial charge in [-0.3, -0.25) is 9.59 Å². The molecule has 2 aromatic rings. The predicted octanol–water partition coefficient (Wildman–Crippen LogP) is 3.99. The Balaban J connectivity index is 1.63. The normalized spacial score (nSPS) is 12.9. The maximum absolute atomic E-state index is 12.3. The first-order valence-electron chi connectivity index (χ1n) is 9.32. The maximum atomic E-state index is 12.3. The summed E-state index contributed by atoms with van der Waals surface area (Å²) in [5.74, 6) is 0.160. The maximum Gasteiger partial charge on any atom is 0.338 e. The van der Waals surface area contributed by atoms with Crippen LogP contribution < -0.4 is 10.1 Å². The van der Waals surface area contributed by atoms with E-state index in [9.17, 15) is 14.4 Å². The summed E-state index contributed by atoms with van der Waals surface area (Å²) < 4.78 is 10.9. The molecule has 0 heterocycles. The predicted molar refractivity (Wildman–Crippen MR) is 105 cm³/mol. The smallest absolute Gasteiger partial charge is 0.338 e. The minimum absolute atomic E-state index is 0.00451. The molecule has 1 aliphatic carbocycles. The summed E-state index contributed by atoms with van der Waals surface area (Å²) in [5.41, 5.74) is 2.20. The van der Waals surface area contributed by atoms with E-state index in [0.29, 0.717) is 34.7 Å². The summed E-state index contributed by atoms with van der Waals surface area (Å²) in [7, 11) is 0. The molecule has 28 heavy (non-hydrogen) atoms. The Hall–Kier alpha value is -3.15. The van der Waals surface area contributed by atoms with Crippen molar-refractivity contribution in [2.45, 2.75) is 33.3 Å². The molecule has 0 radical (unpaired) electrons. The summed E-state index contributed by atoms with van der Waals surface area (Å²) >= 11 is 0. The lowest BCUT2D eigenvalue weighted by Crippen LogP contribution is -2.13. The van der Waals surface area contributed by atoms with Crippen LogP contribution in [0.1, 0.15) is 53.0 Å². The van der Waals surface area contributed by atoms with Crippen molar-refractivity contribution in [3.8, 4) is 5.75 Å². The molecule has 1 amide bonds. The Morgan fingerprint density at radius 3 is 2.32 bits per heavy atom. The molecule has 0 unspecified atom stereocenters. The lowest BCUT2D eigenvalue weighted by atomic mass is 10.1. The highest BCUT2D eigenvalue weighted by Gasteiger charge is 2.29. The van der Waals surface area contributed by atoms with Crippen LogP contribution in [0.4, 0.5) is 5.69 Å². The fraction of sp³-hybridized carbons (Fsp3) is 0.318. The van der Waals surface area contributed by atoms with E-state index >= 15 is 0 Å². The molecule has 0 bridgehead atoms. The number of ketones is 1. The molecular formula is C22H23NO5. The fourth-order valence-corrected chi connectivity index (χ4v) is 2.71. The van der Waals surface area contributed by atoms with E-state index in [1.54, 1.807) is 42.5 Å². The third-order valence-corrected chi connectivity index (χ3v) is 4.46. The SMILES string of the molecule is CCOc1ccc(C(C)=O)cc1COC(=O)c1ccc(NC(=O)C2CC2)cc1. The van der Waals surface area contributed by atoms with Crippen molar-refractivity contribution in [2.75, 3.05) is 11.9 Å². The van der Waals surface area contributed by atoms with Gasteiger partial charge in [-0.1, -0.05) is 0 Å². The van der Waals surface area contributed by atoms with Gasteiger partial charge in [0, 0.05) is 22.7 Å². The Bertz CT molecular complexity index is 884. The first kappa shape index (κ1) is 19.6. The Morgan fingerprint density at radius 2 is 1.71 bits per heavy atom. The van der Waals surface area contributed by atoms with E-state index in [1.807, 2.05) is 6.92 Å². The van der Waals surface area contributed by atoms with Gasteiger partial charge in [0.2, 0.25) is 5.91 Å². The van der Waals surface area contributed by atoms with Crippen molar-refractivity contribution in [1.82, 2.24) is 0 Å². The number of carbonyl (C=O) groups excluding carboxylic acids is 3. The molecule has 1 fully saturated rings. The highest BCUT2D eigenvalue weighted by atomic mass is 16.5. The highest BCUT2D eigenvalue weighted by molar-refractivity contribution is 5.95. The Labute approximate surface area is 163 Å². The van der Waals surface area contributed by atoms with Crippen LogP contribution in [0.15, 0.2) is 42.5 Å². The number of amides is 1. The topological polar surface area (TPSA) is 81.7 Å². The van der Waals surface area contributed by atoms with Gasteiger partial charge in [0.15, 0.2) is 5.78 Å². The number of esters is 1. The fourth-order valence-electron chi connectivity index (χ4n) is 2.71. The van der Waals surface area contributed by atoms with Gasteiger partial charge in [0.1, 0.15) is 12.4 Å². The summed E-state index contributed by atoms with van der Waals surface area (Å²) in [6.07, 6.45) is 1.87. The molecule has 1 aliphatic rings. The van der Waals surface area contributed by atoms with E-state index in [0.717, 1.165) is 12.8 Å². The third kappa shape index (κ3) is 4.97. The largest absolute Gasteiger partial charge is 0.493 e. The minimum Gasteiger partial charge on any atom is -0.493 e. The number of carbonyl (C=O) groups is 3. The summed E-state index contributed by atoms with van der Waals surface area (Å²) in [6, 6.07) is 11.7. The van der Waals surface area contributed by atoms with E-state index in [4.69, 9.17) is 9.47 Å². The zero-order valence-electron chi connectivity index (χ0n) is 16.0. The third-order valence-electron chi connectivity index (χ3n) is 4.46. The van der Waals surface area contributed by atoms with E-state index in [2.05, 4.69) is 5.32 Å². The number of rotatable bonds is 8. The van der Waals surface area contributed by atoms with Crippen LogP contribution in [-0.2, 0) is 16.1 Å². The van der Waals surface area contributed by atoms with Crippen molar-refractivity contribution >= 4 is 23.3 Å². The van der Waals surface area contributed by atoms with Gasteiger partial charge >= 0.3 is 5.97 Å². The first-order chi connectivity index (χ1) is 13.5. The number of hydrogen-bond donors (Lipinski definition) is 1. The van der Waals surface area contributed by atoms with Crippen molar-refractivity contribution in [2.24, 2.45) is 5.92 Å². The molecule has 1 saturated carbocycles. The summed E-state index contributed by atoms with van der Waals surface area (Å²) in [6.45, 7) is 3.80. The lowest BCUT2D eigenvalue weighted by Gasteiger charge is -2.12. The van der Waals surface area contributed by atoms with Crippen LogP contribution in [0.5, 0.6) is 5.75 Å². The molecule has 146 valence electrons. The Kier molecular flexibility index (Phi) is 6.09. The molecule has 1 N–H and O–H groups in total. The molecule has 0 spiro atoms. The van der Waals surface area contributed by atoms with Crippen molar-refractivity contribution < 1.29 is 23.9 Å². The van der Waals surface area contributed by atoms with Crippen molar-refractivity contribution in [1.29, 1.82) is 0 Å². The average molecular weight is 381 g/mol. The van der Waals surface area contributed by atoms with Crippen molar-refractivity contribution in [3.63, 3.8) is 0 Å². The molecule has 0 aromatic heterocycles. The number of Topliss-reactive ketones (excluding diaryl/α,β-unsaturated/α-hetero) is 1. The van der Waals surface area contributed by atoms with Gasteiger partial charge in [-0.15, -0.1) is 0 Å². The van der Waals surface area contributed by atoms with Crippen LogP contribution in [0.2, 0.25) is 0 Å². The second-order valence-electron chi connectivity index (χ2n) is 6.73. The van der Waals surface area contributed by atoms with Crippen LogP contribution in [0.25, 0.3) is 0 Å². The Morgan fingerprint density at radius 1 is 1.04 bits per heavy atom. The molecule has 0 atom stereocenters. The number of hydrogen-bond acceptors (Lipinski definition) is 5. The van der Waals surface area contributed by atoms with E-state index in [1.165, 1.54) is 6.92 Å². The summed E-state index contributed by atoms with van der Waals surface area (Å²) in [4.78, 5) is 35.7. The average Bonchev–Trinajstić information content (AvgIpc) is 3.53. The van der Waals surface area contributed by atoms with Crippen LogP contribution in [0.3, 0.4) is 0 Å². The second kappa shape index (κ2) is 8.69. The van der Waals surface area contributed by atoms with Gasteiger partial charge in [-0.2, -0.15) is 0 Å². The molecule has 0 saturated heterocycles. The zero-order valence-corrected chi connectivity index (χ0v) is 16.0. The zero-order chi connectivity index (χ0) is 20.1. The highest BCUT2D eigenvalue weighted by Crippen LogP contribution is 2.30. The number of benzene rings is 2. The monoisotopic (exact) mass is 381 g/mol. The standard InChI is InChI=1S/C22H23NO5/c1-3-27-20-11-8-17(14(2)24)12-18(20)13-28-22(26)16-6-9-19(10-7-16)23-21(25)15-4-5-15/h6-12,15H,3-5,13H2,1-2H3,(H,23,25). The number of nitrogens with one attached hydrogen (secondary N) is 1. The van der Waals surface area contributed by atoms with E-state index in [-0.39, 0.29) is 24.2 Å². The van der Waals surface area contributed by atoms with Crippen LogP contribution in [-0.4, -0.2) is 24.3 Å². The molecule has 3 rings (SSSR count). The number of anilines is 1. The lowest BCUT2D eigenvalue weighted by molar-refractivity contribution is -0.117. The molecule has 6 heteroatoms. The molecule has 6 nitrogen and oxygen atoms in total. The molecule has 0 aliphatic heterocycles. The molecular weight excluding hydrogens is 358 g/mol. The second-order valence-corrected chi connectivity index (χ2v) is 6.73. The number of ether oxygens (including phenoxy) is 2. The van der Waals surface area contributed by atoms with Gasteiger partial charge in [-0.05, 0) is 69.2 Å². The first-order valence-corrected chi connectivity index (χ1v) is 9.32. The molecule has 2 aromatic carbocycles. The van der Waals surface area contributed by atoms with Crippen LogP contribution >= 0.6 is 0 Å². The van der Waals surface area contributed by atoms with Gasteiger partial charge in [-0.25, -0.2) is 4.79 Å².